The number of piperidine rings is 1. The Morgan fingerprint density at radius 2 is 1.85 bits per heavy atom. The van der Waals surface area contributed by atoms with E-state index in [-0.39, 0.29) is 18.0 Å². The molecule has 6 heteroatoms. The molecule has 0 unspecified atom stereocenters. The van der Waals surface area contributed by atoms with Crippen molar-refractivity contribution in [2.45, 2.75) is 25.3 Å². The second kappa shape index (κ2) is 8.76. The third kappa shape index (κ3) is 4.58. The zero-order valence-electron chi connectivity index (χ0n) is 15.5. The molecule has 0 N–H and O–H groups in total. The number of rotatable bonds is 6. The van der Waals surface area contributed by atoms with Crippen LogP contribution in [0, 0.1) is 0 Å². The average Bonchev–Trinajstić information content (AvgIpc) is 2.70. The van der Waals surface area contributed by atoms with Gasteiger partial charge in [-0.3, -0.25) is 4.79 Å². The fourth-order valence-corrected chi connectivity index (χ4v) is 3.35. The number of carbonyl (C=O) groups excluding carboxylic acids is 1. The second-order valence-electron chi connectivity index (χ2n) is 6.73. The molecule has 0 bridgehead atoms. The molecular weight excluding hydrogens is 328 g/mol. The first-order valence-corrected chi connectivity index (χ1v) is 9.07. The Morgan fingerprint density at radius 1 is 1.19 bits per heavy atom. The quantitative estimate of drug-likeness (QED) is 0.796. The number of hydrogen-bond donors (Lipinski definition) is 0. The van der Waals surface area contributed by atoms with E-state index in [4.69, 9.17) is 4.74 Å². The van der Waals surface area contributed by atoms with Gasteiger partial charge in [0.05, 0.1) is 12.7 Å². The lowest BCUT2D eigenvalue weighted by Crippen LogP contribution is -2.47. The van der Waals surface area contributed by atoms with Gasteiger partial charge >= 0.3 is 6.01 Å². The van der Waals surface area contributed by atoms with Gasteiger partial charge in [-0.2, -0.15) is 0 Å². The Bertz CT molecular complexity index is 698. The van der Waals surface area contributed by atoms with Gasteiger partial charge in [-0.1, -0.05) is 30.3 Å². The molecule has 1 aliphatic rings. The number of nitrogens with zero attached hydrogens (tertiary/aromatic N) is 4. The molecule has 2 aromatic rings. The van der Waals surface area contributed by atoms with E-state index in [0.717, 1.165) is 32.4 Å². The first kappa shape index (κ1) is 18.3. The molecular formula is C20H26N4O2. The maximum Gasteiger partial charge on any atom is 0.316 e. The number of methoxy groups -OCH3 is 1. The van der Waals surface area contributed by atoms with Crippen LogP contribution in [0.25, 0.3) is 0 Å². The van der Waals surface area contributed by atoms with Gasteiger partial charge in [-0.15, -0.1) is 0 Å². The van der Waals surface area contributed by atoms with Crippen molar-refractivity contribution in [2.75, 3.05) is 33.8 Å². The van der Waals surface area contributed by atoms with E-state index in [0.29, 0.717) is 12.1 Å². The summed E-state index contributed by atoms with van der Waals surface area (Å²) in [6.07, 6.45) is 5.94. The Hall–Kier alpha value is -2.47. The number of carbonyl (C=O) groups is 1. The molecule has 138 valence electrons. The van der Waals surface area contributed by atoms with Crippen molar-refractivity contribution in [3.63, 3.8) is 0 Å². The van der Waals surface area contributed by atoms with Gasteiger partial charge in [0.1, 0.15) is 0 Å². The Morgan fingerprint density at radius 3 is 2.46 bits per heavy atom. The molecule has 3 rings (SSSR count). The SMILES string of the molecule is COc1ncc(C(=O)N(CCc2ccccc2)C2CCN(C)CC2)cn1. The second-order valence-corrected chi connectivity index (χ2v) is 6.73. The molecule has 0 radical (unpaired) electrons. The van der Waals surface area contributed by atoms with Crippen molar-refractivity contribution in [3.8, 4) is 6.01 Å². The summed E-state index contributed by atoms with van der Waals surface area (Å²) in [5, 5.41) is 0. The van der Waals surface area contributed by atoms with Crippen LogP contribution in [0.1, 0.15) is 28.8 Å². The lowest BCUT2D eigenvalue weighted by molar-refractivity contribution is 0.0593. The average molecular weight is 354 g/mol. The highest BCUT2D eigenvalue weighted by atomic mass is 16.5. The third-order valence-corrected chi connectivity index (χ3v) is 4.93. The molecule has 0 spiro atoms. The molecule has 1 aromatic heterocycles. The Kier molecular flexibility index (Phi) is 6.17. The minimum absolute atomic E-state index is 0.00172. The fourth-order valence-electron chi connectivity index (χ4n) is 3.35. The van der Waals surface area contributed by atoms with Gasteiger partial charge in [-0.25, -0.2) is 9.97 Å². The summed E-state index contributed by atoms with van der Waals surface area (Å²) in [5.41, 5.74) is 1.75. The van der Waals surface area contributed by atoms with Gasteiger partial charge in [0.2, 0.25) is 0 Å². The molecule has 26 heavy (non-hydrogen) atoms. The summed E-state index contributed by atoms with van der Waals surface area (Å²) < 4.78 is 4.99. The number of amides is 1. The van der Waals surface area contributed by atoms with Gasteiger partial charge in [0.25, 0.3) is 5.91 Å². The van der Waals surface area contributed by atoms with Crippen LogP contribution < -0.4 is 4.74 Å². The van der Waals surface area contributed by atoms with Gasteiger partial charge in [0, 0.05) is 25.0 Å². The zero-order chi connectivity index (χ0) is 18.4. The van der Waals surface area contributed by atoms with Crippen molar-refractivity contribution >= 4 is 5.91 Å². The monoisotopic (exact) mass is 354 g/mol. The number of likely N-dealkylation sites (tertiary alicyclic amines) is 1. The smallest absolute Gasteiger partial charge is 0.316 e. The van der Waals surface area contributed by atoms with E-state index in [1.807, 2.05) is 23.1 Å². The number of ether oxygens (including phenoxy) is 1. The van der Waals surface area contributed by atoms with Crippen LogP contribution in [-0.2, 0) is 6.42 Å². The predicted octanol–water partition coefficient (Wildman–Crippen LogP) is 2.26. The van der Waals surface area contributed by atoms with E-state index in [1.165, 1.54) is 12.7 Å². The van der Waals surface area contributed by atoms with Crippen LogP contribution in [-0.4, -0.2) is 65.5 Å². The highest BCUT2D eigenvalue weighted by molar-refractivity contribution is 5.93. The summed E-state index contributed by atoms with van der Waals surface area (Å²) in [7, 11) is 3.64. The summed E-state index contributed by atoms with van der Waals surface area (Å²) in [6, 6.07) is 10.8. The molecule has 6 nitrogen and oxygen atoms in total. The van der Waals surface area contributed by atoms with Gasteiger partial charge in [0.15, 0.2) is 0 Å². The summed E-state index contributed by atoms with van der Waals surface area (Å²) in [6.45, 7) is 2.72. The molecule has 1 aliphatic heterocycles. The maximum absolute atomic E-state index is 13.1. The summed E-state index contributed by atoms with van der Waals surface area (Å²) in [4.78, 5) is 25.6. The lowest BCUT2D eigenvalue weighted by Gasteiger charge is -2.37. The first-order valence-electron chi connectivity index (χ1n) is 9.07. The minimum Gasteiger partial charge on any atom is -0.467 e. The van der Waals surface area contributed by atoms with Gasteiger partial charge < -0.3 is 14.5 Å². The molecule has 0 atom stereocenters. The van der Waals surface area contributed by atoms with Crippen molar-refractivity contribution in [3.05, 3.63) is 53.9 Å². The number of benzene rings is 1. The molecule has 0 aliphatic carbocycles. The number of hydrogen-bond acceptors (Lipinski definition) is 5. The molecule has 1 saturated heterocycles. The van der Waals surface area contributed by atoms with E-state index in [1.54, 1.807) is 12.4 Å². The summed E-state index contributed by atoms with van der Waals surface area (Å²) >= 11 is 0. The third-order valence-electron chi connectivity index (χ3n) is 4.93. The maximum atomic E-state index is 13.1. The van der Waals surface area contributed by atoms with E-state index in [2.05, 4.69) is 34.0 Å². The van der Waals surface area contributed by atoms with E-state index >= 15 is 0 Å². The van der Waals surface area contributed by atoms with Crippen molar-refractivity contribution in [2.24, 2.45) is 0 Å². The zero-order valence-corrected chi connectivity index (χ0v) is 15.5. The van der Waals surface area contributed by atoms with Gasteiger partial charge in [-0.05, 0) is 45.0 Å². The highest BCUT2D eigenvalue weighted by Gasteiger charge is 2.27. The normalized spacial score (nSPS) is 15.6. The fraction of sp³-hybridized carbons (Fsp3) is 0.450. The topological polar surface area (TPSA) is 58.6 Å². The van der Waals surface area contributed by atoms with E-state index < -0.39 is 0 Å². The minimum atomic E-state index is -0.00172. The predicted molar refractivity (Wildman–Crippen MR) is 100 cm³/mol. The van der Waals surface area contributed by atoms with Crippen molar-refractivity contribution in [1.82, 2.24) is 19.8 Å². The van der Waals surface area contributed by atoms with Crippen LogP contribution in [0.4, 0.5) is 0 Å². The highest BCUT2D eigenvalue weighted by Crippen LogP contribution is 2.19. The standard InChI is InChI=1S/C20H26N4O2/c1-23-11-9-18(10-12-23)24(13-8-16-6-4-3-5-7-16)19(25)17-14-21-20(26-2)22-15-17/h3-7,14-15,18H,8-13H2,1-2H3. The molecule has 1 aromatic carbocycles. The number of aromatic nitrogens is 2. The van der Waals surface area contributed by atoms with E-state index in [9.17, 15) is 4.79 Å². The molecule has 1 amide bonds. The first-order chi connectivity index (χ1) is 12.7. The van der Waals surface area contributed by atoms with Crippen LogP contribution in [0.3, 0.4) is 0 Å². The Balaban J connectivity index is 1.75. The lowest BCUT2D eigenvalue weighted by atomic mass is 10.0. The van der Waals surface area contributed by atoms with Crippen molar-refractivity contribution in [1.29, 1.82) is 0 Å². The summed E-state index contributed by atoms with van der Waals surface area (Å²) in [5.74, 6) is -0.00172. The Labute approximate surface area is 154 Å². The van der Waals surface area contributed by atoms with Crippen LogP contribution in [0.15, 0.2) is 42.7 Å². The molecule has 0 saturated carbocycles. The largest absolute Gasteiger partial charge is 0.467 e. The van der Waals surface area contributed by atoms with Crippen molar-refractivity contribution < 1.29 is 9.53 Å². The van der Waals surface area contributed by atoms with Crippen LogP contribution >= 0.6 is 0 Å². The van der Waals surface area contributed by atoms with Crippen LogP contribution in [0.5, 0.6) is 6.01 Å². The van der Waals surface area contributed by atoms with Crippen LogP contribution in [0.2, 0.25) is 0 Å². The molecule has 2 heterocycles. The molecule has 1 fully saturated rings.